The number of amides is 1. The van der Waals surface area contributed by atoms with Crippen molar-refractivity contribution in [3.05, 3.63) is 24.3 Å². The number of thioether (sulfide) groups is 1. The number of hydrogen-bond donors (Lipinski definition) is 2. The maximum Gasteiger partial charge on any atom is 0.242 e. The molecule has 0 saturated carbocycles. The molecule has 0 spiro atoms. The van der Waals surface area contributed by atoms with Gasteiger partial charge in [0, 0.05) is 23.7 Å². The van der Waals surface area contributed by atoms with E-state index < -0.39 is 0 Å². The number of carbonyl (C=O) groups is 1. The Morgan fingerprint density at radius 2 is 2.32 bits per heavy atom. The lowest BCUT2D eigenvalue weighted by Gasteiger charge is -2.22. The van der Waals surface area contributed by atoms with E-state index in [0.717, 1.165) is 23.7 Å². The van der Waals surface area contributed by atoms with Crippen molar-refractivity contribution >= 4 is 23.4 Å². The fourth-order valence-electron chi connectivity index (χ4n) is 1.71. The van der Waals surface area contributed by atoms with Gasteiger partial charge in [0.25, 0.3) is 0 Å². The van der Waals surface area contributed by atoms with Crippen molar-refractivity contribution in [1.82, 2.24) is 5.32 Å². The van der Waals surface area contributed by atoms with Crippen LogP contribution >= 0.6 is 11.8 Å². The van der Waals surface area contributed by atoms with E-state index in [9.17, 15) is 4.79 Å². The highest BCUT2D eigenvalue weighted by molar-refractivity contribution is 7.99. The zero-order chi connectivity index (χ0) is 13.5. The second-order valence-corrected chi connectivity index (χ2v) is 5.19. The standard InChI is InChI=1S/C13H15N3O2S/c14-5-7-18-11-3-1-10(2-4-11)16-13(17)12-9-19-8-6-15-12/h1-4,12,15H,6-9H2,(H,16,17). The number of benzene rings is 1. The fraction of sp³-hybridized carbons (Fsp3) is 0.385. The van der Waals surface area contributed by atoms with E-state index in [0.29, 0.717) is 5.75 Å². The molecule has 2 N–H and O–H groups in total. The molecule has 1 unspecified atom stereocenters. The second-order valence-electron chi connectivity index (χ2n) is 4.04. The Hall–Kier alpha value is -1.71. The zero-order valence-corrected chi connectivity index (χ0v) is 11.2. The SMILES string of the molecule is N#CCOc1ccc(NC(=O)C2CSCCN2)cc1. The lowest BCUT2D eigenvalue weighted by Crippen LogP contribution is -2.46. The molecule has 0 aliphatic carbocycles. The first-order valence-corrected chi connectivity index (χ1v) is 7.17. The van der Waals surface area contributed by atoms with Crippen molar-refractivity contribution in [2.45, 2.75) is 6.04 Å². The van der Waals surface area contributed by atoms with Crippen molar-refractivity contribution < 1.29 is 9.53 Å². The van der Waals surface area contributed by atoms with Crippen molar-refractivity contribution in [3.8, 4) is 11.8 Å². The molecule has 1 fully saturated rings. The summed E-state index contributed by atoms with van der Waals surface area (Å²) in [4.78, 5) is 12.0. The van der Waals surface area contributed by atoms with Crippen LogP contribution in [-0.4, -0.2) is 36.6 Å². The van der Waals surface area contributed by atoms with Crippen LogP contribution in [0.4, 0.5) is 5.69 Å². The van der Waals surface area contributed by atoms with E-state index in [1.54, 1.807) is 36.0 Å². The van der Waals surface area contributed by atoms with Crippen LogP contribution in [-0.2, 0) is 4.79 Å². The molecule has 1 aromatic rings. The average Bonchev–Trinajstić information content (AvgIpc) is 2.47. The van der Waals surface area contributed by atoms with E-state index >= 15 is 0 Å². The molecule has 1 aliphatic heterocycles. The van der Waals surface area contributed by atoms with Crippen molar-refractivity contribution in [2.24, 2.45) is 0 Å². The molecule has 0 aromatic heterocycles. The van der Waals surface area contributed by atoms with Gasteiger partial charge >= 0.3 is 0 Å². The Morgan fingerprint density at radius 3 is 2.95 bits per heavy atom. The minimum absolute atomic E-state index is 0.0158. The van der Waals surface area contributed by atoms with Crippen LogP contribution in [0.15, 0.2) is 24.3 Å². The first kappa shape index (κ1) is 13.7. The van der Waals surface area contributed by atoms with Crippen molar-refractivity contribution in [1.29, 1.82) is 5.26 Å². The minimum atomic E-state index is -0.131. The molecule has 6 heteroatoms. The molecule has 19 heavy (non-hydrogen) atoms. The highest BCUT2D eigenvalue weighted by Gasteiger charge is 2.20. The Balaban J connectivity index is 1.88. The van der Waals surface area contributed by atoms with Crippen molar-refractivity contribution in [2.75, 3.05) is 30.0 Å². The maximum absolute atomic E-state index is 12.0. The number of rotatable bonds is 4. The van der Waals surface area contributed by atoms with Crippen LogP contribution in [0.25, 0.3) is 0 Å². The first-order valence-electron chi connectivity index (χ1n) is 6.01. The van der Waals surface area contributed by atoms with Gasteiger partial charge in [0.2, 0.25) is 5.91 Å². The Kier molecular flexibility index (Phi) is 5.07. The molecule has 0 radical (unpaired) electrons. The third-order valence-corrected chi connectivity index (χ3v) is 3.73. The van der Waals surface area contributed by atoms with Gasteiger partial charge < -0.3 is 15.4 Å². The quantitative estimate of drug-likeness (QED) is 0.866. The molecule has 1 atom stereocenters. The van der Waals surface area contributed by atoms with Crippen LogP contribution in [0, 0.1) is 11.3 Å². The van der Waals surface area contributed by atoms with Crippen LogP contribution < -0.4 is 15.4 Å². The third-order valence-electron chi connectivity index (χ3n) is 2.66. The zero-order valence-electron chi connectivity index (χ0n) is 10.4. The first-order chi connectivity index (χ1) is 9.29. The van der Waals surface area contributed by atoms with Gasteiger partial charge in [-0.25, -0.2) is 0 Å². The highest BCUT2D eigenvalue weighted by atomic mass is 32.2. The summed E-state index contributed by atoms with van der Waals surface area (Å²) < 4.78 is 5.14. The minimum Gasteiger partial charge on any atom is -0.479 e. The van der Waals surface area contributed by atoms with Gasteiger partial charge in [0.15, 0.2) is 6.61 Å². The van der Waals surface area contributed by atoms with E-state index in [1.807, 2.05) is 6.07 Å². The lowest BCUT2D eigenvalue weighted by molar-refractivity contribution is -0.117. The predicted octanol–water partition coefficient (Wildman–Crippen LogP) is 1.23. The molecule has 1 heterocycles. The normalized spacial score (nSPS) is 18.4. The topological polar surface area (TPSA) is 74.1 Å². The number of carbonyl (C=O) groups excluding carboxylic acids is 1. The van der Waals surface area contributed by atoms with Gasteiger partial charge in [-0.3, -0.25) is 4.79 Å². The fourth-order valence-corrected chi connectivity index (χ4v) is 2.65. The Labute approximate surface area is 116 Å². The molecular weight excluding hydrogens is 262 g/mol. The number of hydrogen-bond acceptors (Lipinski definition) is 5. The van der Waals surface area contributed by atoms with Crippen LogP contribution in [0.1, 0.15) is 0 Å². The number of nitrogens with one attached hydrogen (secondary N) is 2. The molecule has 0 bridgehead atoms. The second kappa shape index (κ2) is 7.02. The van der Waals surface area contributed by atoms with E-state index in [-0.39, 0.29) is 18.6 Å². The van der Waals surface area contributed by atoms with E-state index in [4.69, 9.17) is 10.00 Å². The van der Waals surface area contributed by atoms with E-state index in [1.165, 1.54) is 0 Å². The molecular formula is C13H15N3O2S. The molecule has 1 aliphatic rings. The molecule has 1 aromatic carbocycles. The summed E-state index contributed by atoms with van der Waals surface area (Å²) in [5.41, 5.74) is 0.728. The summed E-state index contributed by atoms with van der Waals surface area (Å²) in [6.07, 6.45) is 0. The largest absolute Gasteiger partial charge is 0.479 e. The molecule has 5 nitrogen and oxygen atoms in total. The number of ether oxygens (including phenoxy) is 1. The van der Waals surface area contributed by atoms with Crippen LogP contribution in [0.5, 0.6) is 5.75 Å². The molecule has 1 amide bonds. The molecule has 100 valence electrons. The molecule has 1 saturated heterocycles. The summed E-state index contributed by atoms with van der Waals surface area (Å²) in [7, 11) is 0. The third kappa shape index (κ3) is 4.16. The Morgan fingerprint density at radius 1 is 1.53 bits per heavy atom. The monoisotopic (exact) mass is 277 g/mol. The van der Waals surface area contributed by atoms with Gasteiger partial charge in [-0.1, -0.05) is 0 Å². The summed E-state index contributed by atoms with van der Waals surface area (Å²) in [6.45, 7) is 0.888. The average molecular weight is 277 g/mol. The maximum atomic E-state index is 12.0. The van der Waals surface area contributed by atoms with Crippen LogP contribution in [0.3, 0.4) is 0 Å². The smallest absolute Gasteiger partial charge is 0.242 e. The van der Waals surface area contributed by atoms with Gasteiger partial charge in [0.1, 0.15) is 11.8 Å². The van der Waals surface area contributed by atoms with Gasteiger partial charge in [0.05, 0.1) is 6.04 Å². The van der Waals surface area contributed by atoms with E-state index in [2.05, 4.69) is 10.6 Å². The van der Waals surface area contributed by atoms with Gasteiger partial charge in [-0.05, 0) is 24.3 Å². The number of nitrogens with zero attached hydrogens (tertiary/aromatic N) is 1. The highest BCUT2D eigenvalue weighted by Crippen LogP contribution is 2.16. The summed E-state index contributed by atoms with van der Waals surface area (Å²) in [5, 5.41) is 14.4. The van der Waals surface area contributed by atoms with Gasteiger partial charge in [-0.15, -0.1) is 0 Å². The number of anilines is 1. The summed E-state index contributed by atoms with van der Waals surface area (Å²) in [6, 6.07) is 8.77. The molecule has 2 rings (SSSR count). The van der Waals surface area contributed by atoms with Crippen molar-refractivity contribution in [3.63, 3.8) is 0 Å². The predicted molar refractivity (Wildman–Crippen MR) is 75.3 cm³/mol. The Bertz CT molecular complexity index is 464. The van der Waals surface area contributed by atoms with Gasteiger partial charge in [-0.2, -0.15) is 17.0 Å². The number of nitriles is 1. The summed E-state index contributed by atoms with van der Waals surface area (Å²) in [5.74, 6) is 2.45. The van der Waals surface area contributed by atoms with Crippen LogP contribution in [0.2, 0.25) is 0 Å². The summed E-state index contributed by atoms with van der Waals surface area (Å²) >= 11 is 1.78. The lowest BCUT2D eigenvalue weighted by atomic mass is 10.2.